The maximum absolute atomic E-state index is 5.78. The number of hydrogen-bond donors (Lipinski definition) is 1. The summed E-state index contributed by atoms with van der Waals surface area (Å²) in [6, 6.07) is 8.39. The van der Waals surface area contributed by atoms with Crippen molar-refractivity contribution < 1.29 is 9.47 Å². The van der Waals surface area contributed by atoms with Gasteiger partial charge < -0.3 is 19.7 Å². The molecule has 1 aromatic carbocycles. The van der Waals surface area contributed by atoms with Crippen molar-refractivity contribution in [2.24, 2.45) is 0 Å². The van der Waals surface area contributed by atoms with Gasteiger partial charge in [-0.3, -0.25) is 0 Å². The average Bonchev–Trinajstić information content (AvgIpc) is 2.49. The van der Waals surface area contributed by atoms with Crippen LogP contribution in [-0.4, -0.2) is 45.5 Å². The predicted octanol–water partition coefficient (Wildman–Crippen LogP) is 2.29. The smallest absolute Gasteiger partial charge is 0.119 e. The van der Waals surface area contributed by atoms with E-state index in [-0.39, 0.29) is 5.60 Å². The van der Waals surface area contributed by atoms with Crippen LogP contribution in [0, 0.1) is 0 Å². The lowest BCUT2D eigenvalue weighted by molar-refractivity contribution is 0.00546. The number of anilines is 1. The Balaban J connectivity index is 1.82. The summed E-state index contributed by atoms with van der Waals surface area (Å²) in [6.45, 7) is 9.08. The van der Waals surface area contributed by atoms with Crippen LogP contribution in [0.25, 0.3) is 0 Å². The van der Waals surface area contributed by atoms with Crippen molar-refractivity contribution in [3.05, 3.63) is 24.3 Å². The molecule has 0 bridgehead atoms. The van der Waals surface area contributed by atoms with Crippen LogP contribution in [0.4, 0.5) is 5.69 Å². The Kier molecular flexibility index (Phi) is 5.26. The van der Waals surface area contributed by atoms with E-state index in [1.165, 1.54) is 5.69 Å². The van der Waals surface area contributed by atoms with Crippen LogP contribution < -0.4 is 15.0 Å². The molecular weight excluding hydrogens is 252 g/mol. The molecule has 1 heterocycles. The number of rotatable bonds is 6. The number of ether oxygens (including phenoxy) is 2. The van der Waals surface area contributed by atoms with Gasteiger partial charge in [-0.15, -0.1) is 0 Å². The number of nitrogens with zero attached hydrogens (tertiary/aromatic N) is 1. The number of hydrogen-bond acceptors (Lipinski definition) is 4. The summed E-state index contributed by atoms with van der Waals surface area (Å²) < 4.78 is 11.2. The van der Waals surface area contributed by atoms with E-state index in [0.717, 1.165) is 38.3 Å². The van der Waals surface area contributed by atoms with Gasteiger partial charge in [0.15, 0.2) is 0 Å². The molecule has 4 nitrogen and oxygen atoms in total. The molecule has 20 heavy (non-hydrogen) atoms. The highest BCUT2D eigenvalue weighted by atomic mass is 16.5. The first-order valence-electron chi connectivity index (χ1n) is 7.34. The summed E-state index contributed by atoms with van der Waals surface area (Å²) in [4.78, 5) is 2.40. The molecule has 0 aliphatic carbocycles. The van der Waals surface area contributed by atoms with Crippen LogP contribution in [0.5, 0.6) is 5.75 Å². The molecule has 1 fully saturated rings. The van der Waals surface area contributed by atoms with Crippen LogP contribution in [0.1, 0.15) is 20.3 Å². The highest BCUT2D eigenvalue weighted by molar-refractivity contribution is 5.49. The second-order valence-corrected chi connectivity index (χ2v) is 5.79. The van der Waals surface area contributed by atoms with Crippen molar-refractivity contribution >= 4 is 5.69 Å². The SMILES string of the molecule is COC(C)(C)CCOc1ccc(N2CCNCC2)cc1. The van der Waals surface area contributed by atoms with Crippen molar-refractivity contribution in [2.45, 2.75) is 25.9 Å². The van der Waals surface area contributed by atoms with Gasteiger partial charge in [0, 0.05) is 45.4 Å². The molecule has 0 unspecified atom stereocenters. The van der Waals surface area contributed by atoms with E-state index in [9.17, 15) is 0 Å². The number of nitrogens with one attached hydrogen (secondary N) is 1. The topological polar surface area (TPSA) is 33.7 Å². The molecule has 1 N–H and O–H groups in total. The summed E-state index contributed by atoms with van der Waals surface area (Å²) in [6.07, 6.45) is 0.878. The molecule has 1 aliphatic heterocycles. The number of benzene rings is 1. The minimum atomic E-state index is -0.124. The van der Waals surface area contributed by atoms with Gasteiger partial charge >= 0.3 is 0 Å². The van der Waals surface area contributed by atoms with Crippen molar-refractivity contribution in [3.8, 4) is 5.75 Å². The van der Waals surface area contributed by atoms with Crippen LogP contribution in [0.15, 0.2) is 24.3 Å². The Morgan fingerprint density at radius 2 is 1.80 bits per heavy atom. The third kappa shape index (κ3) is 4.39. The molecule has 112 valence electrons. The monoisotopic (exact) mass is 278 g/mol. The number of piperazine rings is 1. The number of methoxy groups -OCH3 is 1. The Morgan fingerprint density at radius 1 is 1.15 bits per heavy atom. The molecule has 0 saturated carbocycles. The summed E-state index contributed by atoms with van der Waals surface area (Å²) in [5.41, 5.74) is 1.15. The first kappa shape index (κ1) is 15.1. The van der Waals surface area contributed by atoms with Gasteiger partial charge in [0.25, 0.3) is 0 Å². The van der Waals surface area contributed by atoms with Gasteiger partial charge in [-0.2, -0.15) is 0 Å². The average molecular weight is 278 g/mol. The molecule has 0 atom stereocenters. The van der Waals surface area contributed by atoms with E-state index < -0.39 is 0 Å². The van der Waals surface area contributed by atoms with Crippen LogP contribution in [-0.2, 0) is 4.74 Å². The highest BCUT2D eigenvalue weighted by Gasteiger charge is 2.16. The van der Waals surface area contributed by atoms with Crippen molar-refractivity contribution in [1.29, 1.82) is 0 Å². The highest BCUT2D eigenvalue weighted by Crippen LogP contribution is 2.21. The predicted molar refractivity (Wildman–Crippen MR) is 82.7 cm³/mol. The Morgan fingerprint density at radius 3 is 2.40 bits per heavy atom. The van der Waals surface area contributed by atoms with Crippen LogP contribution in [0.2, 0.25) is 0 Å². The molecule has 1 aliphatic rings. The van der Waals surface area contributed by atoms with E-state index in [2.05, 4.69) is 48.3 Å². The fraction of sp³-hybridized carbons (Fsp3) is 0.625. The third-order valence-corrected chi connectivity index (χ3v) is 3.84. The van der Waals surface area contributed by atoms with Gasteiger partial charge in [0.2, 0.25) is 0 Å². The summed E-state index contributed by atoms with van der Waals surface area (Å²) in [5, 5.41) is 3.37. The molecule has 1 saturated heterocycles. The zero-order valence-corrected chi connectivity index (χ0v) is 12.8. The van der Waals surface area contributed by atoms with Gasteiger partial charge in [-0.25, -0.2) is 0 Å². The van der Waals surface area contributed by atoms with Crippen LogP contribution >= 0.6 is 0 Å². The fourth-order valence-corrected chi connectivity index (χ4v) is 2.19. The lowest BCUT2D eigenvalue weighted by Crippen LogP contribution is -2.43. The molecular formula is C16H26N2O2. The third-order valence-electron chi connectivity index (χ3n) is 3.84. The molecule has 0 radical (unpaired) electrons. The van der Waals surface area contributed by atoms with E-state index in [0.29, 0.717) is 6.61 Å². The van der Waals surface area contributed by atoms with Gasteiger partial charge in [-0.1, -0.05) is 0 Å². The standard InChI is InChI=1S/C16H26N2O2/c1-16(2,19-3)8-13-20-15-6-4-14(5-7-15)18-11-9-17-10-12-18/h4-7,17H,8-13H2,1-3H3. The Labute approximate surface area is 122 Å². The van der Waals surface area contributed by atoms with Crippen LogP contribution in [0.3, 0.4) is 0 Å². The van der Waals surface area contributed by atoms with Crippen molar-refractivity contribution in [1.82, 2.24) is 5.32 Å². The molecule has 1 aromatic rings. The maximum atomic E-state index is 5.78. The second kappa shape index (κ2) is 6.95. The van der Waals surface area contributed by atoms with Gasteiger partial charge in [0.1, 0.15) is 5.75 Å². The fourth-order valence-electron chi connectivity index (χ4n) is 2.19. The lowest BCUT2D eigenvalue weighted by Gasteiger charge is -2.29. The molecule has 0 aromatic heterocycles. The Hall–Kier alpha value is -1.26. The van der Waals surface area contributed by atoms with E-state index in [1.54, 1.807) is 7.11 Å². The maximum Gasteiger partial charge on any atom is 0.119 e. The normalized spacial score (nSPS) is 16.2. The second-order valence-electron chi connectivity index (χ2n) is 5.79. The zero-order chi connectivity index (χ0) is 14.4. The Bertz CT molecular complexity index is 397. The van der Waals surface area contributed by atoms with E-state index in [4.69, 9.17) is 9.47 Å². The summed E-state index contributed by atoms with van der Waals surface area (Å²) in [5.74, 6) is 0.927. The first-order chi connectivity index (χ1) is 9.61. The molecule has 4 heteroatoms. The molecule has 0 spiro atoms. The van der Waals surface area contributed by atoms with Gasteiger partial charge in [-0.05, 0) is 38.1 Å². The van der Waals surface area contributed by atoms with E-state index >= 15 is 0 Å². The lowest BCUT2D eigenvalue weighted by atomic mass is 10.1. The first-order valence-corrected chi connectivity index (χ1v) is 7.34. The van der Waals surface area contributed by atoms with Gasteiger partial charge in [0.05, 0.1) is 12.2 Å². The van der Waals surface area contributed by atoms with Crippen molar-refractivity contribution in [2.75, 3.05) is 44.8 Å². The molecule has 2 rings (SSSR count). The minimum absolute atomic E-state index is 0.124. The summed E-state index contributed by atoms with van der Waals surface area (Å²) >= 11 is 0. The quantitative estimate of drug-likeness (QED) is 0.865. The minimum Gasteiger partial charge on any atom is -0.493 e. The van der Waals surface area contributed by atoms with E-state index in [1.807, 2.05) is 0 Å². The largest absolute Gasteiger partial charge is 0.493 e. The summed E-state index contributed by atoms with van der Waals surface area (Å²) in [7, 11) is 1.74. The zero-order valence-electron chi connectivity index (χ0n) is 12.8. The van der Waals surface area contributed by atoms with Crippen molar-refractivity contribution in [3.63, 3.8) is 0 Å². The molecule has 0 amide bonds.